The third kappa shape index (κ3) is 2.02. The molecule has 0 amide bonds. The van der Waals surface area contributed by atoms with Crippen LogP contribution >= 0.6 is 11.3 Å². The molecule has 0 unspecified atom stereocenters. The van der Waals surface area contributed by atoms with Gasteiger partial charge < -0.3 is 15.5 Å². The van der Waals surface area contributed by atoms with Crippen molar-refractivity contribution in [3.63, 3.8) is 0 Å². The molecule has 92 valence electrons. The van der Waals surface area contributed by atoms with Crippen LogP contribution in [-0.2, 0) is 11.2 Å². The van der Waals surface area contributed by atoms with Crippen molar-refractivity contribution in [3.8, 4) is 0 Å². The molecule has 5 nitrogen and oxygen atoms in total. The molecule has 0 spiro atoms. The summed E-state index contributed by atoms with van der Waals surface area (Å²) in [5, 5.41) is 4.99. The van der Waals surface area contributed by atoms with E-state index in [-0.39, 0.29) is 0 Å². The molecule has 1 aliphatic carbocycles. The van der Waals surface area contributed by atoms with Crippen LogP contribution in [0.25, 0.3) is 0 Å². The molecular formula is C11H16N4OS. The zero-order valence-electron chi connectivity index (χ0n) is 9.69. The molecule has 2 N–H and O–H groups in total. The van der Waals surface area contributed by atoms with Crippen molar-refractivity contribution < 1.29 is 4.74 Å². The minimum atomic E-state index is 0.794. The molecule has 1 saturated heterocycles. The molecule has 2 aliphatic rings. The van der Waals surface area contributed by atoms with Gasteiger partial charge in [-0.1, -0.05) is 11.3 Å². The molecule has 0 bridgehead atoms. The first-order chi connectivity index (χ1) is 8.38. The molecule has 1 aromatic rings. The average molecular weight is 252 g/mol. The van der Waals surface area contributed by atoms with Crippen molar-refractivity contribution in [2.75, 3.05) is 31.2 Å². The second kappa shape index (κ2) is 4.62. The lowest BCUT2D eigenvalue weighted by Gasteiger charge is -2.26. The minimum Gasteiger partial charge on any atom is -0.378 e. The lowest BCUT2D eigenvalue weighted by atomic mass is 10.0. The number of rotatable bonds is 1. The van der Waals surface area contributed by atoms with Crippen molar-refractivity contribution in [2.24, 2.45) is 10.9 Å². The van der Waals surface area contributed by atoms with Gasteiger partial charge in [-0.2, -0.15) is 5.10 Å². The van der Waals surface area contributed by atoms with Crippen molar-refractivity contribution in [1.82, 2.24) is 4.98 Å². The van der Waals surface area contributed by atoms with Crippen LogP contribution in [0.2, 0.25) is 0 Å². The fraction of sp³-hybridized carbons (Fsp3) is 0.636. The van der Waals surface area contributed by atoms with Crippen LogP contribution in [0.5, 0.6) is 0 Å². The minimum absolute atomic E-state index is 0.794. The standard InChI is InChI=1S/C11H16N4OS/c12-14-9-3-1-2-8-10(9)17-11(13-8)15-4-6-16-7-5-15/h1-7,12H2/b14-9-. The van der Waals surface area contributed by atoms with E-state index in [4.69, 9.17) is 15.6 Å². The Morgan fingerprint density at radius 2 is 2.12 bits per heavy atom. The fourth-order valence-electron chi connectivity index (χ4n) is 2.28. The summed E-state index contributed by atoms with van der Waals surface area (Å²) < 4.78 is 5.36. The van der Waals surface area contributed by atoms with Gasteiger partial charge in [0, 0.05) is 13.1 Å². The van der Waals surface area contributed by atoms with E-state index < -0.39 is 0 Å². The Bertz CT molecular complexity index is 437. The largest absolute Gasteiger partial charge is 0.378 e. The number of hydrogen-bond acceptors (Lipinski definition) is 6. The second-order valence-corrected chi connectivity index (χ2v) is 5.28. The SMILES string of the molecule is N/N=C1/CCCc2nc(N3CCOCC3)sc21. The Labute approximate surface area is 104 Å². The second-order valence-electron chi connectivity index (χ2n) is 4.30. The number of fused-ring (bicyclic) bond motifs is 1. The number of ether oxygens (including phenoxy) is 1. The van der Waals surface area contributed by atoms with Gasteiger partial charge in [-0.05, 0) is 19.3 Å². The quantitative estimate of drug-likeness (QED) is 0.598. The van der Waals surface area contributed by atoms with E-state index in [9.17, 15) is 0 Å². The number of hydrogen-bond donors (Lipinski definition) is 1. The maximum atomic E-state index is 5.44. The summed E-state index contributed by atoms with van der Waals surface area (Å²) in [6, 6.07) is 0. The summed E-state index contributed by atoms with van der Waals surface area (Å²) in [6.07, 6.45) is 3.14. The highest BCUT2D eigenvalue weighted by Crippen LogP contribution is 2.32. The van der Waals surface area contributed by atoms with E-state index in [1.165, 1.54) is 10.6 Å². The molecule has 6 heteroatoms. The fourth-order valence-corrected chi connectivity index (χ4v) is 3.47. The molecule has 1 aliphatic heterocycles. The number of nitrogens with two attached hydrogens (primary N) is 1. The molecule has 0 saturated carbocycles. The van der Waals surface area contributed by atoms with Gasteiger partial charge in [0.05, 0.1) is 29.5 Å². The van der Waals surface area contributed by atoms with Crippen molar-refractivity contribution >= 4 is 22.2 Å². The molecule has 0 radical (unpaired) electrons. The van der Waals surface area contributed by atoms with Crippen LogP contribution in [0.15, 0.2) is 5.10 Å². The molecule has 1 fully saturated rings. The Hall–Kier alpha value is -1.14. The molecule has 17 heavy (non-hydrogen) atoms. The van der Waals surface area contributed by atoms with E-state index in [0.29, 0.717) is 0 Å². The molecule has 0 aromatic carbocycles. The third-order valence-corrected chi connectivity index (χ3v) is 4.42. The Morgan fingerprint density at radius 3 is 2.88 bits per heavy atom. The number of anilines is 1. The lowest BCUT2D eigenvalue weighted by Crippen LogP contribution is -2.36. The molecule has 0 atom stereocenters. The van der Waals surface area contributed by atoms with Crippen LogP contribution in [0, 0.1) is 0 Å². The van der Waals surface area contributed by atoms with Crippen LogP contribution in [0.3, 0.4) is 0 Å². The zero-order chi connectivity index (χ0) is 11.7. The predicted octanol–water partition coefficient (Wildman–Crippen LogP) is 0.979. The van der Waals surface area contributed by atoms with Crippen LogP contribution in [-0.4, -0.2) is 37.0 Å². The highest BCUT2D eigenvalue weighted by Gasteiger charge is 2.23. The molecule has 2 heterocycles. The molecular weight excluding hydrogens is 236 g/mol. The van der Waals surface area contributed by atoms with Gasteiger partial charge in [-0.25, -0.2) is 4.98 Å². The van der Waals surface area contributed by atoms with Gasteiger partial charge in [0.15, 0.2) is 5.13 Å². The highest BCUT2D eigenvalue weighted by atomic mass is 32.1. The van der Waals surface area contributed by atoms with Gasteiger partial charge >= 0.3 is 0 Å². The van der Waals surface area contributed by atoms with Gasteiger partial charge in [0.1, 0.15) is 0 Å². The maximum absolute atomic E-state index is 5.44. The van der Waals surface area contributed by atoms with Crippen molar-refractivity contribution in [3.05, 3.63) is 10.6 Å². The predicted molar refractivity (Wildman–Crippen MR) is 68.8 cm³/mol. The normalized spacial score (nSPS) is 22.8. The Balaban J connectivity index is 1.90. The summed E-state index contributed by atoms with van der Waals surface area (Å²) in [4.78, 5) is 8.21. The number of nitrogens with zero attached hydrogens (tertiary/aromatic N) is 3. The lowest BCUT2D eigenvalue weighted by molar-refractivity contribution is 0.122. The van der Waals surface area contributed by atoms with E-state index >= 15 is 0 Å². The van der Waals surface area contributed by atoms with Gasteiger partial charge in [-0.15, -0.1) is 0 Å². The van der Waals surface area contributed by atoms with Crippen LogP contribution in [0.1, 0.15) is 23.4 Å². The highest BCUT2D eigenvalue weighted by molar-refractivity contribution is 7.17. The van der Waals surface area contributed by atoms with Crippen molar-refractivity contribution in [2.45, 2.75) is 19.3 Å². The topological polar surface area (TPSA) is 63.7 Å². The van der Waals surface area contributed by atoms with E-state index in [1.54, 1.807) is 11.3 Å². The number of aryl methyl sites for hydroxylation is 1. The van der Waals surface area contributed by atoms with Crippen LogP contribution < -0.4 is 10.7 Å². The summed E-state index contributed by atoms with van der Waals surface area (Å²) in [7, 11) is 0. The van der Waals surface area contributed by atoms with E-state index in [1.807, 2.05) is 0 Å². The number of morpholine rings is 1. The third-order valence-electron chi connectivity index (χ3n) is 3.21. The number of thiazole rings is 1. The van der Waals surface area contributed by atoms with Gasteiger partial charge in [-0.3, -0.25) is 0 Å². The smallest absolute Gasteiger partial charge is 0.186 e. The molecule has 1 aromatic heterocycles. The summed E-state index contributed by atoms with van der Waals surface area (Å²) in [5.41, 5.74) is 2.19. The Morgan fingerprint density at radius 1 is 1.29 bits per heavy atom. The number of hydrazone groups is 1. The summed E-state index contributed by atoms with van der Waals surface area (Å²) in [6.45, 7) is 3.45. The van der Waals surface area contributed by atoms with Crippen LogP contribution in [0.4, 0.5) is 5.13 Å². The monoisotopic (exact) mass is 252 g/mol. The number of aromatic nitrogens is 1. The zero-order valence-corrected chi connectivity index (χ0v) is 10.5. The first-order valence-corrected chi connectivity index (χ1v) is 6.79. The average Bonchev–Trinajstić information content (AvgIpc) is 2.83. The Kier molecular flexibility index (Phi) is 2.98. The van der Waals surface area contributed by atoms with Crippen molar-refractivity contribution in [1.29, 1.82) is 0 Å². The first kappa shape index (κ1) is 11.0. The van der Waals surface area contributed by atoms with Gasteiger partial charge in [0.25, 0.3) is 0 Å². The van der Waals surface area contributed by atoms with Gasteiger partial charge in [0.2, 0.25) is 0 Å². The molecule has 3 rings (SSSR count). The summed E-state index contributed by atoms with van der Waals surface area (Å²) in [5.74, 6) is 5.44. The first-order valence-electron chi connectivity index (χ1n) is 5.98. The van der Waals surface area contributed by atoms with E-state index in [2.05, 4.69) is 10.0 Å². The summed E-state index contributed by atoms with van der Waals surface area (Å²) >= 11 is 1.72. The maximum Gasteiger partial charge on any atom is 0.186 e. The van der Waals surface area contributed by atoms with E-state index in [0.717, 1.165) is 56.4 Å².